The van der Waals surface area contributed by atoms with Crippen molar-refractivity contribution in [2.45, 2.75) is 13.8 Å². The minimum absolute atomic E-state index is 0.547. The Morgan fingerprint density at radius 1 is 1.27 bits per heavy atom. The molecule has 0 fully saturated rings. The zero-order chi connectivity index (χ0) is 11.0. The maximum absolute atomic E-state index is 5.72. The van der Waals surface area contributed by atoms with E-state index in [1.807, 2.05) is 17.8 Å². The van der Waals surface area contributed by atoms with E-state index in [0.29, 0.717) is 5.95 Å². The largest absolute Gasteiger partial charge is 0.369 e. The van der Waals surface area contributed by atoms with Crippen LogP contribution in [0.2, 0.25) is 0 Å². The highest BCUT2D eigenvalue weighted by Gasteiger charge is 2.08. The maximum Gasteiger partial charge on any atom is 0.200 e. The van der Waals surface area contributed by atoms with Crippen molar-refractivity contribution < 1.29 is 0 Å². The van der Waals surface area contributed by atoms with Gasteiger partial charge in [0.15, 0.2) is 5.95 Å². The fraction of sp³-hybridized carbons (Fsp3) is 0.250. The van der Waals surface area contributed by atoms with E-state index in [4.69, 9.17) is 5.73 Å². The van der Waals surface area contributed by atoms with E-state index in [1.54, 1.807) is 0 Å². The van der Waals surface area contributed by atoms with Gasteiger partial charge in [0.05, 0.1) is 11.9 Å². The zero-order valence-corrected chi connectivity index (χ0v) is 9.28. The highest BCUT2D eigenvalue weighted by Crippen LogP contribution is 2.25. The summed E-state index contributed by atoms with van der Waals surface area (Å²) in [4.78, 5) is 4.10. The first-order chi connectivity index (χ1) is 7.09. The van der Waals surface area contributed by atoms with Crippen LogP contribution in [-0.2, 0) is 7.05 Å². The number of aromatic nitrogens is 2. The third-order valence-corrected chi connectivity index (χ3v) is 2.69. The summed E-state index contributed by atoms with van der Waals surface area (Å²) in [7, 11) is 1.93. The Morgan fingerprint density at radius 3 is 2.60 bits per heavy atom. The van der Waals surface area contributed by atoms with E-state index >= 15 is 0 Å². The molecular formula is C12H15N3. The molecule has 78 valence electrons. The van der Waals surface area contributed by atoms with Crippen molar-refractivity contribution in [1.82, 2.24) is 9.55 Å². The molecular weight excluding hydrogens is 186 g/mol. The average Bonchev–Trinajstić information content (AvgIpc) is 2.52. The molecule has 0 spiro atoms. The standard InChI is InChI=1S/C12H15N3/c1-8-4-5-9(2)10(6-8)11-7-14-12(13)15(11)3/h4-7H,1-3H3,(H2,13,14). The zero-order valence-electron chi connectivity index (χ0n) is 9.28. The molecule has 0 unspecified atom stereocenters. The fourth-order valence-corrected chi connectivity index (χ4v) is 1.69. The number of imidazole rings is 1. The molecule has 2 aromatic rings. The second kappa shape index (κ2) is 3.42. The monoisotopic (exact) mass is 201 g/mol. The lowest BCUT2D eigenvalue weighted by atomic mass is 10.0. The summed E-state index contributed by atoms with van der Waals surface area (Å²) >= 11 is 0. The predicted molar refractivity (Wildman–Crippen MR) is 62.5 cm³/mol. The van der Waals surface area contributed by atoms with E-state index in [2.05, 4.69) is 37.0 Å². The van der Waals surface area contributed by atoms with E-state index in [1.165, 1.54) is 16.7 Å². The number of nitrogen functional groups attached to an aromatic ring is 1. The molecule has 0 aliphatic heterocycles. The lowest BCUT2D eigenvalue weighted by Gasteiger charge is -2.08. The van der Waals surface area contributed by atoms with Crippen molar-refractivity contribution in [2.75, 3.05) is 5.73 Å². The second-order valence-electron chi connectivity index (χ2n) is 3.88. The Hall–Kier alpha value is -1.77. The Morgan fingerprint density at radius 2 is 2.00 bits per heavy atom. The summed E-state index contributed by atoms with van der Waals surface area (Å²) in [6.07, 6.45) is 1.82. The van der Waals surface area contributed by atoms with Crippen molar-refractivity contribution in [3.63, 3.8) is 0 Å². The molecule has 2 rings (SSSR count). The van der Waals surface area contributed by atoms with Crippen LogP contribution in [-0.4, -0.2) is 9.55 Å². The van der Waals surface area contributed by atoms with Crippen molar-refractivity contribution in [3.8, 4) is 11.3 Å². The van der Waals surface area contributed by atoms with Gasteiger partial charge in [0.25, 0.3) is 0 Å². The maximum atomic E-state index is 5.72. The molecule has 0 aliphatic carbocycles. The van der Waals surface area contributed by atoms with Gasteiger partial charge in [0.2, 0.25) is 0 Å². The summed E-state index contributed by atoms with van der Waals surface area (Å²) in [5.74, 6) is 0.547. The number of nitrogens with zero attached hydrogens (tertiary/aromatic N) is 2. The van der Waals surface area contributed by atoms with Gasteiger partial charge < -0.3 is 10.3 Å². The van der Waals surface area contributed by atoms with E-state index < -0.39 is 0 Å². The molecule has 0 atom stereocenters. The lowest BCUT2D eigenvalue weighted by Crippen LogP contribution is -1.99. The first-order valence-corrected chi connectivity index (χ1v) is 4.94. The lowest BCUT2D eigenvalue weighted by molar-refractivity contribution is 0.937. The SMILES string of the molecule is Cc1ccc(C)c(-c2cnc(N)n2C)c1. The highest BCUT2D eigenvalue weighted by molar-refractivity contribution is 5.65. The number of hydrogen-bond acceptors (Lipinski definition) is 2. The molecule has 0 saturated carbocycles. The molecule has 0 amide bonds. The van der Waals surface area contributed by atoms with Crippen LogP contribution in [0.1, 0.15) is 11.1 Å². The van der Waals surface area contributed by atoms with Crippen molar-refractivity contribution in [2.24, 2.45) is 7.05 Å². The quantitative estimate of drug-likeness (QED) is 0.769. The van der Waals surface area contributed by atoms with Crippen LogP contribution in [0.3, 0.4) is 0 Å². The molecule has 1 heterocycles. The van der Waals surface area contributed by atoms with E-state index in [9.17, 15) is 0 Å². The highest BCUT2D eigenvalue weighted by atomic mass is 15.1. The minimum atomic E-state index is 0.547. The number of anilines is 1. The molecule has 0 aliphatic rings. The van der Waals surface area contributed by atoms with Crippen LogP contribution >= 0.6 is 0 Å². The molecule has 1 aromatic heterocycles. The molecule has 0 radical (unpaired) electrons. The number of aryl methyl sites for hydroxylation is 2. The first kappa shape index (κ1) is 9.77. The summed E-state index contributed by atoms with van der Waals surface area (Å²) in [5, 5.41) is 0. The summed E-state index contributed by atoms with van der Waals surface area (Å²) in [6, 6.07) is 6.39. The fourth-order valence-electron chi connectivity index (χ4n) is 1.69. The molecule has 0 bridgehead atoms. The Labute approximate surface area is 89.6 Å². The second-order valence-corrected chi connectivity index (χ2v) is 3.88. The van der Waals surface area contributed by atoms with Gasteiger partial charge in [-0.25, -0.2) is 4.98 Å². The van der Waals surface area contributed by atoms with Gasteiger partial charge in [-0.2, -0.15) is 0 Å². The molecule has 1 aromatic carbocycles. The Kier molecular flexibility index (Phi) is 2.23. The van der Waals surface area contributed by atoms with Gasteiger partial charge >= 0.3 is 0 Å². The van der Waals surface area contributed by atoms with Gasteiger partial charge in [-0.1, -0.05) is 17.7 Å². The summed E-state index contributed by atoms with van der Waals surface area (Å²) in [6.45, 7) is 4.18. The van der Waals surface area contributed by atoms with E-state index in [-0.39, 0.29) is 0 Å². The van der Waals surface area contributed by atoms with Crippen molar-refractivity contribution in [1.29, 1.82) is 0 Å². The minimum Gasteiger partial charge on any atom is -0.369 e. The number of hydrogen-bond donors (Lipinski definition) is 1. The van der Waals surface area contributed by atoms with Crippen LogP contribution in [0.4, 0.5) is 5.95 Å². The van der Waals surface area contributed by atoms with Gasteiger partial charge in [0, 0.05) is 12.6 Å². The molecule has 3 heteroatoms. The van der Waals surface area contributed by atoms with Crippen LogP contribution in [0.25, 0.3) is 11.3 Å². The third kappa shape index (κ3) is 1.61. The number of rotatable bonds is 1. The summed E-state index contributed by atoms with van der Waals surface area (Å²) in [5.41, 5.74) is 10.5. The Bertz CT molecular complexity index is 498. The van der Waals surface area contributed by atoms with Crippen LogP contribution in [0.5, 0.6) is 0 Å². The first-order valence-electron chi connectivity index (χ1n) is 4.94. The third-order valence-electron chi connectivity index (χ3n) is 2.69. The molecule has 15 heavy (non-hydrogen) atoms. The molecule has 3 nitrogen and oxygen atoms in total. The van der Waals surface area contributed by atoms with Crippen LogP contribution in [0.15, 0.2) is 24.4 Å². The van der Waals surface area contributed by atoms with Gasteiger partial charge in [0.1, 0.15) is 0 Å². The topological polar surface area (TPSA) is 43.8 Å². The summed E-state index contributed by atoms with van der Waals surface area (Å²) < 4.78 is 1.90. The average molecular weight is 201 g/mol. The number of nitrogens with two attached hydrogens (primary N) is 1. The number of benzene rings is 1. The predicted octanol–water partition coefficient (Wildman–Crippen LogP) is 2.29. The van der Waals surface area contributed by atoms with Gasteiger partial charge in [-0.05, 0) is 25.5 Å². The van der Waals surface area contributed by atoms with Gasteiger partial charge in [-0.15, -0.1) is 0 Å². The van der Waals surface area contributed by atoms with Crippen LogP contribution < -0.4 is 5.73 Å². The van der Waals surface area contributed by atoms with Crippen molar-refractivity contribution in [3.05, 3.63) is 35.5 Å². The normalized spacial score (nSPS) is 10.6. The van der Waals surface area contributed by atoms with E-state index in [0.717, 1.165) is 5.69 Å². The molecule has 0 saturated heterocycles. The van der Waals surface area contributed by atoms with Gasteiger partial charge in [-0.3, -0.25) is 0 Å². The van der Waals surface area contributed by atoms with Crippen molar-refractivity contribution >= 4 is 5.95 Å². The Balaban J connectivity index is 2.63. The molecule has 2 N–H and O–H groups in total. The van der Waals surface area contributed by atoms with Crippen LogP contribution in [0, 0.1) is 13.8 Å². The smallest absolute Gasteiger partial charge is 0.200 e.